The van der Waals surface area contributed by atoms with Gasteiger partial charge in [0, 0.05) is 11.5 Å². The van der Waals surface area contributed by atoms with Crippen molar-refractivity contribution in [3.63, 3.8) is 0 Å². The molecule has 1 aliphatic carbocycles. The van der Waals surface area contributed by atoms with Gasteiger partial charge in [-0.15, -0.1) is 0 Å². The highest BCUT2D eigenvalue weighted by Gasteiger charge is 2.30. The van der Waals surface area contributed by atoms with Gasteiger partial charge in [-0.25, -0.2) is 4.39 Å². The van der Waals surface area contributed by atoms with Crippen LogP contribution in [0, 0.1) is 29.0 Å². The Balaban J connectivity index is 1.60. The third kappa shape index (κ3) is 3.25. The molecule has 21 heavy (non-hydrogen) atoms. The van der Waals surface area contributed by atoms with Crippen LogP contribution in [-0.4, -0.2) is 13.2 Å². The van der Waals surface area contributed by atoms with E-state index in [0.717, 1.165) is 0 Å². The van der Waals surface area contributed by atoms with Gasteiger partial charge >= 0.3 is 0 Å². The summed E-state index contributed by atoms with van der Waals surface area (Å²) in [6.45, 7) is 1.36. The highest BCUT2D eigenvalue weighted by atomic mass is 19.1. The van der Waals surface area contributed by atoms with Crippen LogP contribution >= 0.6 is 0 Å². The Morgan fingerprint density at radius 3 is 2.38 bits per heavy atom. The van der Waals surface area contributed by atoms with Gasteiger partial charge in [0.15, 0.2) is 6.29 Å². The summed E-state index contributed by atoms with van der Waals surface area (Å²) in [6, 6.07) is 6.33. The molecule has 0 amide bonds. The zero-order valence-electron chi connectivity index (χ0n) is 12.1. The van der Waals surface area contributed by atoms with Crippen molar-refractivity contribution in [2.24, 2.45) is 11.8 Å². The predicted octanol–water partition coefficient (Wildman–Crippen LogP) is 3.94. The molecule has 2 fully saturated rings. The van der Waals surface area contributed by atoms with Gasteiger partial charge in [0.2, 0.25) is 0 Å². The number of nitriles is 1. The summed E-state index contributed by atoms with van der Waals surface area (Å²) in [4.78, 5) is 0. The molecule has 1 saturated carbocycles. The van der Waals surface area contributed by atoms with Crippen LogP contribution in [-0.2, 0) is 9.47 Å². The molecule has 3 nitrogen and oxygen atoms in total. The Hall–Kier alpha value is -1.44. The van der Waals surface area contributed by atoms with Crippen LogP contribution in [0.15, 0.2) is 18.2 Å². The molecule has 1 aromatic rings. The quantitative estimate of drug-likeness (QED) is 0.828. The molecular formula is C17H20FNO2. The Morgan fingerprint density at radius 1 is 1.05 bits per heavy atom. The summed E-state index contributed by atoms with van der Waals surface area (Å²) in [5, 5.41) is 8.75. The van der Waals surface area contributed by atoms with E-state index >= 15 is 0 Å². The molecule has 0 bridgehead atoms. The van der Waals surface area contributed by atoms with Crippen molar-refractivity contribution in [1.29, 1.82) is 5.26 Å². The molecule has 112 valence electrons. The molecule has 1 saturated heterocycles. The number of benzene rings is 1. The first-order valence-electron chi connectivity index (χ1n) is 7.70. The van der Waals surface area contributed by atoms with Gasteiger partial charge in [-0.1, -0.05) is 38.2 Å². The molecular weight excluding hydrogens is 269 g/mol. The molecule has 4 heteroatoms. The summed E-state index contributed by atoms with van der Waals surface area (Å²) < 4.78 is 25.2. The first-order chi connectivity index (χ1) is 10.3. The van der Waals surface area contributed by atoms with E-state index in [1.54, 1.807) is 6.07 Å². The van der Waals surface area contributed by atoms with Crippen molar-refractivity contribution in [2.45, 2.75) is 38.4 Å². The lowest BCUT2D eigenvalue weighted by Gasteiger charge is -2.36. The smallest absolute Gasteiger partial charge is 0.183 e. The summed E-state index contributed by atoms with van der Waals surface area (Å²) in [6.07, 6.45) is 6.00. The molecule has 0 N–H and O–H groups in total. The Kier molecular flexibility index (Phi) is 4.52. The average molecular weight is 289 g/mol. The summed E-state index contributed by atoms with van der Waals surface area (Å²) >= 11 is 0. The van der Waals surface area contributed by atoms with Gasteiger partial charge in [0.05, 0.1) is 18.8 Å². The van der Waals surface area contributed by atoms with Gasteiger partial charge in [-0.05, 0) is 18.1 Å². The number of hydrogen-bond donors (Lipinski definition) is 0. The molecule has 1 aliphatic heterocycles. The zero-order chi connectivity index (χ0) is 14.7. The Morgan fingerprint density at radius 2 is 1.76 bits per heavy atom. The van der Waals surface area contributed by atoms with Gasteiger partial charge in [-0.3, -0.25) is 0 Å². The predicted molar refractivity (Wildman–Crippen MR) is 75.8 cm³/mol. The molecule has 0 spiro atoms. The first kappa shape index (κ1) is 14.5. The van der Waals surface area contributed by atoms with Crippen molar-refractivity contribution in [3.05, 3.63) is 35.1 Å². The average Bonchev–Trinajstić information content (AvgIpc) is 2.56. The number of ether oxygens (including phenoxy) is 2. The monoisotopic (exact) mass is 289 g/mol. The van der Waals surface area contributed by atoms with Crippen LogP contribution in [0.4, 0.5) is 4.39 Å². The minimum atomic E-state index is -0.517. The fourth-order valence-corrected chi connectivity index (χ4v) is 3.36. The molecule has 0 radical (unpaired) electrons. The van der Waals surface area contributed by atoms with Crippen molar-refractivity contribution >= 4 is 0 Å². The maximum Gasteiger partial charge on any atom is 0.183 e. The summed E-state index contributed by atoms with van der Waals surface area (Å²) in [7, 11) is 0. The van der Waals surface area contributed by atoms with Crippen molar-refractivity contribution in [1.82, 2.24) is 0 Å². The van der Waals surface area contributed by atoms with Crippen LogP contribution in [0.3, 0.4) is 0 Å². The van der Waals surface area contributed by atoms with E-state index in [1.165, 1.54) is 44.2 Å². The van der Waals surface area contributed by atoms with E-state index in [2.05, 4.69) is 0 Å². The van der Waals surface area contributed by atoms with Crippen molar-refractivity contribution in [2.75, 3.05) is 13.2 Å². The SMILES string of the molecule is N#Cc1ccc(C2OCC(C3CCCCC3)CO2)cc1F. The van der Waals surface area contributed by atoms with E-state index in [0.29, 0.717) is 30.6 Å². The standard InChI is InChI=1S/C17H20FNO2/c18-16-8-13(6-7-14(16)9-19)17-20-10-15(11-21-17)12-4-2-1-3-5-12/h6-8,12,15,17H,1-5,10-11H2. The molecule has 2 aliphatic rings. The first-order valence-corrected chi connectivity index (χ1v) is 7.70. The zero-order valence-corrected chi connectivity index (χ0v) is 12.1. The number of hydrogen-bond acceptors (Lipinski definition) is 3. The van der Waals surface area contributed by atoms with Gasteiger partial charge in [-0.2, -0.15) is 5.26 Å². The van der Waals surface area contributed by atoms with E-state index in [-0.39, 0.29) is 5.56 Å². The molecule has 0 unspecified atom stereocenters. The molecule has 0 aromatic heterocycles. The fraction of sp³-hybridized carbons (Fsp3) is 0.588. The topological polar surface area (TPSA) is 42.2 Å². The number of nitrogens with zero attached hydrogens (tertiary/aromatic N) is 1. The van der Waals surface area contributed by atoms with Crippen LogP contribution in [0.1, 0.15) is 49.5 Å². The second kappa shape index (κ2) is 6.55. The highest BCUT2D eigenvalue weighted by Crippen LogP contribution is 2.35. The Labute approximate surface area is 124 Å². The lowest BCUT2D eigenvalue weighted by molar-refractivity contribution is -0.214. The summed E-state index contributed by atoms with van der Waals surface area (Å²) in [5.41, 5.74) is 0.697. The molecule has 1 heterocycles. The molecule has 1 aromatic carbocycles. The van der Waals surface area contributed by atoms with Crippen LogP contribution in [0.2, 0.25) is 0 Å². The Bertz CT molecular complexity index is 526. The normalized spacial score (nSPS) is 27.2. The second-order valence-electron chi connectivity index (χ2n) is 6.01. The third-order valence-electron chi connectivity index (χ3n) is 4.63. The largest absolute Gasteiger partial charge is 0.348 e. The van der Waals surface area contributed by atoms with Crippen LogP contribution in [0.5, 0.6) is 0 Å². The van der Waals surface area contributed by atoms with Crippen molar-refractivity contribution < 1.29 is 13.9 Å². The van der Waals surface area contributed by atoms with E-state index < -0.39 is 12.1 Å². The van der Waals surface area contributed by atoms with Gasteiger partial charge in [0.1, 0.15) is 11.9 Å². The second-order valence-corrected chi connectivity index (χ2v) is 6.01. The van der Waals surface area contributed by atoms with Crippen molar-refractivity contribution in [3.8, 4) is 6.07 Å². The van der Waals surface area contributed by atoms with Crippen LogP contribution in [0.25, 0.3) is 0 Å². The fourth-order valence-electron chi connectivity index (χ4n) is 3.36. The molecule has 0 atom stereocenters. The van der Waals surface area contributed by atoms with E-state index in [1.807, 2.05) is 6.07 Å². The minimum Gasteiger partial charge on any atom is -0.348 e. The number of halogens is 1. The maximum atomic E-state index is 13.6. The maximum absolute atomic E-state index is 13.6. The molecule has 3 rings (SSSR count). The lowest BCUT2D eigenvalue weighted by atomic mass is 9.80. The summed E-state index contributed by atoms with van der Waals surface area (Å²) in [5.74, 6) is 0.652. The number of rotatable bonds is 2. The lowest BCUT2D eigenvalue weighted by Crippen LogP contribution is -2.33. The van der Waals surface area contributed by atoms with Gasteiger partial charge < -0.3 is 9.47 Å². The highest BCUT2D eigenvalue weighted by molar-refractivity contribution is 5.33. The van der Waals surface area contributed by atoms with Crippen LogP contribution < -0.4 is 0 Å². The third-order valence-corrected chi connectivity index (χ3v) is 4.63. The minimum absolute atomic E-state index is 0.0506. The van der Waals surface area contributed by atoms with E-state index in [9.17, 15) is 4.39 Å². The van der Waals surface area contributed by atoms with Gasteiger partial charge in [0.25, 0.3) is 0 Å². The van der Waals surface area contributed by atoms with E-state index in [4.69, 9.17) is 14.7 Å².